The molecule has 0 amide bonds. The third-order valence-electron chi connectivity index (χ3n) is 10.6. The lowest BCUT2D eigenvalue weighted by atomic mass is 10.0. The summed E-state index contributed by atoms with van der Waals surface area (Å²) in [7, 11) is -4.62. The van der Waals surface area contributed by atoms with Crippen LogP contribution in [0.15, 0.2) is 24.3 Å². The second kappa shape index (κ2) is 44.5. The molecular weight excluding hydrogens is 767 g/mol. The van der Waals surface area contributed by atoms with E-state index in [1.54, 1.807) is 0 Å². The predicted molar refractivity (Wildman–Crippen MR) is 242 cm³/mol. The van der Waals surface area contributed by atoms with Gasteiger partial charge in [-0.3, -0.25) is 18.6 Å². The van der Waals surface area contributed by atoms with E-state index < -0.39 is 51.8 Å². The molecule has 0 aliphatic rings. The summed E-state index contributed by atoms with van der Waals surface area (Å²) in [6.45, 7) is 2.39. The number of hydrogen-bond acceptors (Lipinski definition) is 9. The molecule has 348 valence electrons. The van der Waals surface area contributed by atoms with Crippen LogP contribution in [0.3, 0.4) is 0 Å². The Morgan fingerprint density at radius 1 is 0.508 bits per heavy atom. The highest BCUT2D eigenvalue weighted by Gasteiger charge is 2.27. The molecule has 10 nitrogen and oxygen atoms in total. The van der Waals surface area contributed by atoms with Crippen molar-refractivity contribution in [3.05, 3.63) is 24.3 Å². The fraction of sp³-hybridized carbons (Fsp3) is 0.875. The molecule has 0 spiro atoms. The zero-order valence-electron chi connectivity index (χ0n) is 38.0. The Bertz CT molecular complexity index is 1040. The quantitative estimate of drug-likeness (QED) is 0.0234. The van der Waals surface area contributed by atoms with Crippen molar-refractivity contribution in [2.75, 3.05) is 26.4 Å². The molecule has 0 rings (SSSR count). The van der Waals surface area contributed by atoms with Crippen LogP contribution in [-0.2, 0) is 32.7 Å². The number of allylic oxidation sites excluding steroid dienone is 4. The largest absolute Gasteiger partial charge is 0.472 e. The normalized spacial score (nSPS) is 13.9. The molecule has 0 aliphatic heterocycles. The number of rotatable bonds is 46. The van der Waals surface area contributed by atoms with Crippen LogP contribution < -0.4 is 0 Å². The van der Waals surface area contributed by atoms with Crippen LogP contribution in [0, 0.1) is 0 Å². The molecule has 3 atom stereocenters. The minimum absolute atomic E-state index is 0.178. The summed E-state index contributed by atoms with van der Waals surface area (Å²) in [5.41, 5.74) is 0. The molecule has 0 aromatic carbocycles. The van der Waals surface area contributed by atoms with Gasteiger partial charge in [-0.15, -0.1) is 0 Å². The summed E-state index contributed by atoms with van der Waals surface area (Å²) >= 11 is 0. The first-order valence-electron chi connectivity index (χ1n) is 24.3. The minimum atomic E-state index is -4.62. The number of phosphoric ester groups is 1. The van der Waals surface area contributed by atoms with Crippen molar-refractivity contribution in [2.45, 2.75) is 244 Å². The highest BCUT2D eigenvalue weighted by Crippen LogP contribution is 2.43. The Labute approximate surface area is 361 Å². The molecule has 0 aromatic heterocycles. The molecular formula is C48H91O10P. The molecule has 3 N–H and O–H groups in total. The van der Waals surface area contributed by atoms with Crippen molar-refractivity contribution < 1.29 is 47.8 Å². The third kappa shape index (κ3) is 44.3. The average molecular weight is 859 g/mol. The van der Waals surface area contributed by atoms with Crippen molar-refractivity contribution in [3.63, 3.8) is 0 Å². The molecule has 1 unspecified atom stereocenters. The smallest absolute Gasteiger partial charge is 0.462 e. The van der Waals surface area contributed by atoms with E-state index in [1.165, 1.54) is 141 Å². The van der Waals surface area contributed by atoms with E-state index in [0.717, 1.165) is 51.4 Å². The molecule has 0 fully saturated rings. The van der Waals surface area contributed by atoms with E-state index in [0.29, 0.717) is 12.8 Å². The van der Waals surface area contributed by atoms with Crippen molar-refractivity contribution in [1.82, 2.24) is 0 Å². The standard InChI is InChI=1S/C48H91O10P/c1-3-5-7-9-11-13-15-17-19-21-22-24-25-27-29-31-33-35-37-39-47(51)55-43-46(44-57-59(53,54)56-42-45(50)41-49)58-48(52)40-38-36-34-32-30-28-26-23-20-18-16-14-12-10-8-6-4-2/h12,14,18,20,45-46,49-50H,3-11,13,15-17,19,21-44H2,1-2H3,(H,53,54)/b14-12+,20-18+/t45-,46+/m0/s1. The molecule has 59 heavy (non-hydrogen) atoms. The maximum atomic E-state index is 12.6. The number of carbonyl (C=O) groups is 2. The zero-order chi connectivity index (χ0) is 43.3. The van der Waals surface area contributed by atoms with E-state index in [-0.39, 0.29) is 19.4 Å². The highest BCUT2D eigenvalue weighted by molar-refractivity contribution is 7.47. The number of esters is 2. The van der Waals surface area contributed by atoms with Crippen LogP contribution in [-0.4, -0.2) is 65.7 Å². The van der Waals surface area contributed by atoms with Gasteiger partial charge >= 0.3 is 19.8 Å². The third-order valence-corrected chi connectivity index (χ3v) is 11.6. The van der Waals surface area contributed by atoms with Gasteiger partial charge < -0.3 is 24.6 Å². The Morgan fingerprint density at radius 3 is 1.34 bits per heavy atom. The number of aliphatic hydroxyl groups excluding tert-OH is 2. The van der Waals surface area contributed by atoms with Crippen molar-refractivity contribution in [1.29, 1.82) is 0 Å². The van der Waals surface area contributed by atoms with E-state index in [9.17, 15) is 24.2 Å². The molecule has 0 saturated carbocycles. The van der Waals surface area contributed by atoms with Crippen molar-refractivity contribution in [3.8, 4) is 0 Å². The van der Waals surface area contributed by atoms with Gasteiger partial charge in [0.2, 0.25) is 0 Å². The molecule has 0 saturated heterocycles. The summed E-state index contributed by atoms with van der Waals surface area (Å²) in [5.74, 6) is -0.922. The molecule has 0 aromatic rings. The van der Waals surface area contributed by atoms with Gasteiger partial charge in [-0.25, -0.2) is 4.57 Å². The van der Waals surface area contributed by atoms with Crippen LogP contribution >= 0.6 is 7.82 Å². The fourth-order valence-electron chi connectivity index (χ4n) is 6.85. The summed E-state index contributed by atoms with van der Waals surface area (Å²) < 4.78 is 32.8. The summed E-state index contributed by atoms with van der Waals surface area (Å²) in [5, 5.41) is 18.4. The van der Waals surface area contributed by atoms with E-state index >= 15 is 0 Å². The first-order chi connectivity index (χ1) is 28.7. The second-order valence-corrected chi connectivity index (χ2v) is 17.9. The number of aliphatic hydroxyl groups is 2. The zero-order valence-corrected chi connectivity index (χ0v) is 38.9. The van der Waals surface area contributed by atoms with Crippen LogP contribution in [0.5, 0.6) is 0 Å². The topological polar surface area (TPSA) is 149 Å². The molecule has 0 radical (unpaired) electrons. The summed E-state index contributed by atoms with van der Waals surface area (Å²) in [4.78, 5) is 35.1. The van der Waals surface area contributed by atoms with E-state index in [4.69, 9.17) is 23.6 Å². The number of unbranched alkanes of at least 4 members (excludes halogenated alkanes) is 28. The maximum Gasteiger partial charge on any atom is 0.472 e. The first kappa shape index (κ1) is 57.4. The van der Waals surface area contributed by atoms with Gasteiger partial charge in [-0.2, -0.15) is 0 Å². The van der Waals surface area contributed by atoms with Gasteiger partial charge in [-0.1, -0.05) is 199 Å². The van der Waals surface area contributed by atoms with Gasteiger partial charge in [0.15, 0.2) is 6.10 Å². The van der Waals surface area contributed by atoms with E-state index in [1.807, 2.05) is 0 Å². The van der Waals surface area contributed by atoms with Crippen molar-refractivity contribution in [2.24, 2.45) is 0 Å². The van der Waals surface area contributed by atoms with E-state index in [2.05, 4.69) is 38.2 Å². The Balaban J connectivity index is 4.20. The predicted octanol–water partition coefficient (Wildman–Crippen LogP) is 13.3. The lowest BCUT2D eigenvalue weighted by Crippen LogP contribution is -2.29. The first-order valence-corrected chi connectivity index (χ1v) is 25.8. The molecule has 0 bridgehead atoms. The van der Waals surface area contributed by atoms with Crippen LogP contribution in [0.4, 0.5) is 0 Å². The van der Waals surface area contributed by atoms with Crippen molar-refractivity contribution >= 4 is 19.8 Å². The minimum Gasteiger partial charge on any atom is -0.462 e. The Hall–Kier alpha value is -1.55. The SMILES string of the molecule is CCCCC/C=C/C/C=C/CCCCCCCCCC(=O)O[C@H](COC(=O)CCCCCCCCCCCCCCCCCCCCC)COP(=O)(O)OC[C@@H](O)CO. The average Bonchev–Trinajstić information content (AvgIpc) is 3.22. The summed E-state index contributed by atoms with van der Waals surface area (Å²) in [6.07, 6.45) is 45.7. The Kier molecular flexibility index (Phi) is 43.3. The highest BCUT2D eigenvalue weighted by atomic mass is 31.2. The Morgan fingerprint density at radius 2 is 0.881 bits per heavy atom. The van der Waals surface area contributed by atoms with Gasteiger partial charge in [0.05, 0.1) is 19.8 Å². The van der Waals surface area contributed by atoms with Gasteiger partial charge in [0, 0.05) is 12.8 Å². The lowest BCUT2D eigenvalue weighted by molar-refractivity contribution is -0.161. The number of phosphoric acid groups is 1. The van der Waals surface area contributed by atoms with Gasteiger partial charge in [-0.05, 0) is 44.9 Å². The fourth-order valence-corrected chi connectivity index (χ4v) is 7.64. The van der Waals surface area contributed by atoms with Crippen LogP contribution in [0.2, 0.25) is 0 Å². The maximum absolute atomic E-state index is 12.6. The van der Waals surface area contributed by atoms with Gasteiger partial charge in [0.25, 0.3) is 0 Å². The molecule has 0 aliphatic carbocycles. The monoisotopic (exact) mass is 859 g/mol. The number of ether oxygens (including phenoxy) is 2. The molecule has 11 heteroatoms. The number of hydrogen-bond donors (Lipinski definition) is 3. The van der Waals surface area contributed by atoms with Crippen LogP contribution in [0.1, 0.15) is 232 Å². The lowest BCUT2D eigenvalue weighted by Gasteiger charge is -2.20. The molecule has 0 heterocycles. The van der Waals surface area contributed by atoms with Gasteiger partial charge in [0.1, 0.15) is 12.7 Å². The number of carbonyl (C=O) groups excluding carboxylic acids is 2. The summed E-state index contributed by atoms with van der Waals surface area (Å²) in [6, 6.07) is 0. The second-order valence-electron chi connectivity index (χ2n) is 16.5. The van der Waals surface area contributed by atoms with Crippen LogP contribution in [0.25, 0.3) is 0 Å².